The summed E-state index contributed by atoms with van der Waals surface area (Å²) in [7, 11) is 0. The third-order valence-corrected chi connectivity index (χ3v) is 6.34. The fourth-order valence-corrected chi connectivity index (χ4v) is 5.08. The van der Waals surface area contributed by atoms with Crippen molar-refractivity contribution >= 4 is 23.6 Å². The van der Waals surface area contributed by atoms with Gasteiger partial charge in [-0.25, -0.2) is 0 Å². The maximum absolute atomic E-state index is 12.8. The van der Waals surface area contributed by atoms with E-state index in [0.29, 0.717) is 24.1 Å². The number of carbonyl (C=O) groups excluding carboxylic acids is 1. The molecular formula is C15H23NO4S. The van der Waals surface area contributed by atoms with Crippen molar-refractivity contribution in [2.75, 3.05) is 25.5 Å². The monoisotopic (exact) mass is 313 g/mol. The molecule has 0 bridgehead atoms. The minimum absolute atomic E-state index is 0.0344. The zero-order valence-corrected chi connectivity index (χ0v) is 13.0. The van der Waals surface area contributed by atoms with Crippen LogP contribution in [0, 0.1) is 11.8 Å². The fraction of sp³-hybridized carbons (Fsp3) is 0.867. The van der Waals surface area contributed by atoms with Gasteiger partial charge in [0, 0.05) is 36.1 Å². The van der Waals surface area contributed by atoms with Gasteiger partial charge in [-0.15, -0.1) is 0 Å². The molecule has 0 radical (unpaired) electrons. The Kier molecular flexibility index (Phi) is 4.74. The molecule has 2 heterocycles. The lowest BCUT2D eigenvalue weighted by molar-refractivity contribution is -0.147. The number of fused-ring (bicyclic) bond motifs is 1. The van der Waals surface area contributed by atoms with Crippen molar-refractivity contribution in [2.45, 2.75) is 43.4 Å². The molecule has 118 valence electrons. The van der Waals surface area contributed by atoms with Crippen molar-refractivity contribution in [1.82, 2.24) is 4.90 Å². The Bertz CT molecular complexity index is 406. The molecule has 2 saturated heterocycles. The number of hydrogen-bond donors (Lipinski definition) is 1. The van der Waals surface area contributed by atoms with Gasteiger partial charge in [-0.3, -0.25) is 9.59 Å². The lowest BCUT2D eigenvalue weighted by atomic mass is 9.81. The third-order valence-electron chi connectivity index (χ3n) is 5.04. The van der Waals surface area contributed by atoms with E-state index < -0.39 is 5.97 Å². The molecule has 3 fully saturated rings. The third kappa shape index (κ3) is 3.21. The van der Waals surface area contributed by atoms with Gasteiger partial charge in [0.15, 0.2) is 0 Å². The van der Waals surface area contributed by atoms with Crippen LogP contribution < -0.4 is 0 Å². The lowest BCUT2D eigenvalue weighted by Gasteiger charge is -2.45. The second kappa shape index (κ2) is 6.57. The summed E-state index contributed by atoms with van der Waals surface area (Å²) < 4.78 is 5.53. The normalized spacial score (nSPS) is 36.9. The van der Waals surface area contributed by atoms with E-state index in [0.717, 1.165) is 44.8 Å². The second-order valence-electron chi connectivity index (χ2n) is 6.26. The van der Waals surface area contributed by atoms with E-state index in [1.807, 2.05) is 11.8 Å². The molecule has 2 aliphatic heterocycles. The highest BCUT2D eigenvalue weighted by Crippen LogP contribution is 2.35. The molecule has 6 heteroatoms. The molecular weight excluding hydrogens is 290 g/mol. The Labute approximate surface area is 129 Å². The van der Waals surface area contributed by atoms with Crippen LogP contribution in [0.25, 0.3) is 0 Å². The van der Waals surface area contributed by atoms with Gasteiger partial charge in [-0.2, -0.15) is 11.8 Å². The van der Waals surface area contributed by atoms with Crippen LogP contribution in [0.4, 0.5) is 0 Å². The summed E-state index contributed by atoms with van der Waals surface area (Å²) >= 11 is 1.92. The number of thioether (sulfide) groups is 1. The predicted molar refractivity (Wildman–Crippen MR) is 80.3 cm³/mol. The van der Waals surface area contributed by atoms with E-state index in [9.17, 15) is 9.59 Å². The zero-order valence-electron chi connectivity index (χ0n) is 12.2. The Morgan fingerprint density at radius 3 is 2.52 bits per heavy atom. The predicted octanol–water partition coefficient (Wildman–Crippen LogP) is 1.61. The summed E-state index contributed by atoms with van der Waals surface area (Å²) in [5.74, 6) is 0.325. The van der Waals surface area contributed by atoms with Crippen molar-refractivity contribution in [3.63, 3.8) is 0 Å². The van der Waals surface area contributed by atoms with Crippen LogP contribution in [0.2, 0.25) is 0 Å². The molecule has 1 N–H and O–H groups in total. The van der Waals surface area contributed by atoms with Crippen molar-refractivity contribution in [3.8, 4) is 0 Å². The number of nitrogens with zero attached hydrogens (tertiary/aromatic N) is 1. The smallest absolute Gasteiger partial charge is 0.306 e. The average Bonchev–Trinajstić information content (AvgIpc) is 2.53. The topological polar surface area (TPSA) is 66.8 Å². The second-order valence-corrected chi connectivity index (χ2v) is 7.61. The van der Waals surface area contributed by atoms with Crippen LogP contribution >= 0.6 is 11.8 Å². The molecule has 5 nitrogen and oxygen atoms in total. The Morgan fingerprint density at radius 1 is 1.10 bits per heavy atom. The number of hydrogen-bond acceptors (Lipinski definition) is 4. The molecule has 1 amide bonds. The standard InChI is InChI=1S/C15H23NO4S/c17-14(10-1-3-11(4-2-10)15(18)19)16-6-8-21-13-9-20-7-5-12(13)16/h10-13H,1-9H2,(H,18,19). The average molecular weight is 313 g/mol. The molecule has 21 heavy (non-hydrogen) atoms. The van der Waals surface area contributed by atoms with Gasteiger partial charge >= 0.3 is 5.97 Å². The molecule has 0 aromatic carbocycles. The highest BCUT2D eigenvalue weighted by atomic mass is 32.2. The molecule has 1 aliphatic carbocycles. The van der Waals surface area contributed by atoms with E-state index in [1.54, 1.807) is 0 Å². The van der Waals surface area contributed by atoms with Crippen LogP contribution in [0.1, 0.15) is 32.1 Å². The number of rotatable bonds is 2. The van der Waals surface area contributed by atoms with Gasteiger partial charge in [-0.1, -0.05) is 0 Å². The van der Waals surface area contributed by atoms with Gasteiger partial charge in [0.05, 0.1) is 12.5 Å². The van der Waals surface area contributed by atoms with Gasteiger partial charge < -0.3 is 14.7 Å². The largest absolute Gasteiger partial charge is 0.481 e. The summed E-state index contributed by atoms with van der Waals surface area (Å²) in [5, 5.41) is 9.48. The summed E-state index contributed by atoms with van der Waals surface area (Å²) in [6.45, 7) is 2.34. The van der Waals surface area contributed by atoms with Crippen LogP contribution in [0.15, 0.2) is 0 Å². The minimum atomic E-state index is -0.709. The number of ether oxygens (including phenoxy) is 1. The van der Waals surface area contributed by atoms with Gasteiger partial charge in [-0.05, 0) is 32.1 Å². The molecule has 3 rings (SSSR count). The first kappa shape index (κ1) is 15.2. The molecule has 0 spiro atoms. The number of carbonyl (C=O) groups is 2. The van der Waals surface area contributed by atoms with Crippen molar-refractivity contribution in [3.05, 3.63) is 0 Å². The molecule has 0 aromatic heterocycles. The first-order chi connectivity index (χ1) is 10.2. The van der Waals surface area contributed by atoms with Gasteiger partial charge in [0.2, 0.25) is 5.91 Å². The van der Waals surface area contributed by atoms with Crippen molar-refractivity contribution < 1.29 is 19.4 Å². The van der Waals surface area contributed by atoms with Crippen molar-refractivity contribution in [1.29, 1.82) is 0 Å². The highest BCUT2D eigenvalue weighted by Gasteiger charge is 2.40. The van der Waals surface area contributed by atoms with Gasteiger partial charge in [0.1, 0.15) is 0 Å². The number of carboxylic acid groups (broad SMARTS) is 1. The van der Waals surface area contributed by atoms with Crippen LogP contribution in [0.3, 0.4) is 0 Å². The van der Waals surface area contributed by atoms with E-state index in [-0.39, 0.29) is 17.7 Å². The van der Waals surface area contributed by atoms with Crippen LogP contribution in [-0.4, -0.2) is 58.7 Å². The summed E-state index contributed by atoms with van der Waals surface area (Å²) in [4.78, 5) is 25.9. The Hall–Kier alpha value is -0.750. The molecule has 3 aliphatic rings. The van der Waals surface area contributed by atoms with Crippen molar-refractivity contribution in [2.24, 2.45) is 11.8 Å². The quantitative estimate of drug-likeness (QED) is 0.839. The maximum atomic E-state index is 12.8. The maximum Gasteiger partial charge on any atom is 0.306 e. The van der Waals surface area contributed by atoms with E-state index in [2.05, 4.69) is 4.90 Å². The summed E-state index contributed by atoms with van der Waals surface area (Å²) in [5.41, 5.74) is 0. The highest BCUT2D eigenvalue weighted by molar-refractivity contribution is 8.00. The van der Waals surface area contributed by atoms with Gasteiger partial charge in [0.25, 0.3) is 0 Å². The number of amides is 1. The number of carboxylic acids is 1. The first-order valence-corrected chi connectivity index (χ1v) is 8.94. The van der Waals surface area contributed by atoms with Crippen LogP contribution in [-0.2, 0) is 14.3 Å². The molecule has 2 atom stereocenters. The number of aliphatic carboxylic acids is 1. The van der Waals surface area contributed by atoms with E-state index >= 15 is 0 Å². The van der Waals surface area contributed by atoms with Crippen LogP contribution in [0.5, 0.6) is 0 Å². The SMILES string of the molecule is O=C(O)C1CCC(C(=O)N2CCSC3COCCC32)CC1. The zero-order chi connectivity index (χ0) is 14.8. The Balaban J connectivity index is 1.61. The minimum Gasteiger partial charge on any atom is -0.481 e. The molecule has 1 saturated carbocycles. The summed E-state index contributed by atoms with van der Waals surface area (Å²) in [6.07, 6.45) is 3.69. The first-order valence-electron chi connectivity index (χ1n) is 7.89. The molecule has 0 aromatic rings. The molecule has 2 unspecified atom stereocenters. The van der Waals surface area contributed by atoms with E-state index in [1.165, 1.54) is 0 Å². The lowest BCUT2D eigenvalue weighted by Crippen LogP contribution is -2.55. The summed E-state index contributed by atoms with van der Waals surface area (Å²) in [6, 6.07) is 0.321. The van der Waals surface area contributed by atoms with E-state index in [4.69, 9.17) is 9.84 Å². The Morgan fingerprint density at radius 2 is 1.81 bits per heavy atom. The fourth-order valence-electron chi connectivity index (χ4n) is 3.78.